The number of aliphatic hydroxyl groups excluding tert-OH is 1. The topological polar surface area (TPSA) is 40.5 Å². The van der Waals surface area contributed by atoms with E-state index in [1.807, 2.05) is 6.08 Å². The summed E-state index contributed by atoms with van der Waals surface area (Å²) in [5, 5.41) is 9.94. The van der Waals surface area contributed by atoms with Crippen molar-refractivity contribution in [2.24, 2.45) is 5.92 Å². The monoisotopic (exact) mass is 339 g/mol. The first-order chi connectivity index (χ1) is 11.3. The number of carbonyl (C=O) groups excluding carboxylic acids is 1. The van der Waals surface area contributed by atoms with Gasteiger partial charge < -0.3 is 10.0 Å². The van der Waals surface area contributed by atoms with E-state index < -0.39 is 17.8 Å². The van der Waals surface area contributed by atoms with Crippen LogP contribution < -0.4 is 0 Å². The average Bonchev–Trinajstić information content (AvgIpc) is 3.16. The summed E-state index contributed by atoms with van der Waals surface area (Å²) in [6, 6.07) is 4.51. The largest absolute Gasteiger partial charge is 0.416 e. The van der Waals surface area contributed by atoms with E-state index in [9.17, 15) is 23.1 Å². The third kappa shape index (κ3) is 3.64. The molecule has 1 aromatic rings. The Hall–Kier alpha value is -1.82. The number of amides is 1. The van der Waals surface area contributed by atoms with Crippen LogP contribution in [0.5, 0.6) is 0 Å². The molecular weight excluding hydrogens is 319 g/mol. The Kier molecular flexibility index (Phi) is 4.67. The predicted octanol–water partition coefficient (Wildman–Crippen LogP) is 3.70. The molecule has 3 rings (SSSR count). The molecule has 2 aliphatic rings. The first-order valence-corrected chi connectivity index (χ1v) is 8.16. The number of halogens is 3. The van der Waals surface area contributed by atoms with E-state index in [0.717, 1.165) is 25.0 Å². The Morgan fingerprint density at radius 2 is 1.96 bits per heavy atom. The van der Waals surface area contributed by atoms with Gasteiger partial charge in [0, 0.05) is 13.0 Å². The summed E-state index contributed by atoms with van der Waals surface area (Å²) in [5.74, 6) is 0.177. The van der Waals surface area contributed by atoms with Gasteiger partial charge in [-0.15, -0.1) is 0 Å². The zero-order valence-electron chi connectivity index (χ0n) is 13.2. The maximum atomic E-state index is 12.7. The SMILES string of the molecule is O=C(CC1C=CCC1)N1CC(O)CC1c1ccc(C(F)(F)F)cc1. The van der Waals surface area contributed by atoms with Gasteiger partial charge in [0.2, 0.25) is 5.91 Å². The lowest BCUT2D eigenvalue weighted by molar-refractivity contribution is -0.137. The van der Waals surface area contributed by atoms with Crippen molar-refractivity contribution in [3.05, 3.63) is 47.5 Å². The molecule has 24 heavy (non-hydrogen) atoms. The molecule has 0 radical (unpaired) electrons. The number of aliphatic hydroxyl groups is 1. The van der Waals surface area contributed by atoms with Gasteiger partial charge in [0.25, 0.3) is 0 Å². The number of hydrogen-bond donors (Lipinski definition) is 1. The summed E-state index contributed by atoms with van der Waals surface area (Å²) < 4.78 is 38.0. The molecule has 1 N–H and O–H groups in total. The van der Waals surface area contributed by atoms with Crippen LogP contribution in [0.1, 0.15) is 42.9 Å². The van der Waals surface area contributed by atoms with E-state index in [-0.39, 0.29) is 24.4 Å². The van der Waals surface area contributed by atoms with Crippen molar-refractivity contribution in [3.8, 4) is 0 Å². The molecule has 130 valence electrons. The first-order valence-electron chi connectivity index (χ1n) is 8.16. The summed E-state index contributed by atoms with van der Waals surface area (Å²) in [5.41, 5.74) is -0.0753. The van der Waals surface area contributed by atoms with Crippen LogP contribution >= 0.6 is 0 Å². The van der Waals surface area contributed by atoms with Crippen LogP contribution in [0.4, 0.5) is 13.2 Å². The average molecular weight is 339 g/mol. The molecule has 1 saturated heterocycles. The van der Waals surface area contributed by atoms with Gasteiger partial charge in [-0.25, -0.2) is 0 Å². The van der Waals surface area contributed by atoms with Gasteiger partial charge in [0.1, 0.15) is 0 Å². The summed E-state index contributed by atoms with van der Waals surface area (Å²) in [4.78, 5) is 14.2. The van der Waals surface area contributed by atoms with Crippen LogP contribution in [0.15, 0.2) is 36.4 Å². The molecule has 1 heterocycles. The number of allylic oxidation sites excluding steroid dienone is 2. The van der Waals surface area contributed by atoms with Gasteiger partial charge >= 0.3 is 6.18 Å². The molecule has 0 bridgehead atoms. The smallest absolute Gasteiger partial charge is 0.391 e. The highest BCUT2D eigenvalue weighted by Crippen LogP contribution is 2.36. The standard InChI is InChI=1S/C18H20F3NO2/c19-18(20,21)14-7-5-13(6-8-14)16-10-15(23)11-22(16)17(24)9-12-3-1-2-4-12/h1,3,5-8,12,15-16,23H,2,4,9-11H2. The number of alkyl halides is 3. The van der Waals surface area contributed by atoms with Gasteiger partial charge in [0.05, 0.1) is 17.7 Å². The summed E-state index contributed by atoms with van der Waals surface area (Å²) in [6.07, 6.45) is 1.76. The molecule has 1 aliphatic heterocycles. The summed E-state index contributed by atoms with van der Waals surface area (Å²) in [7, 11) is 0. The van der Waals surface area contributed by atoms with Gasteiger partial charge in [-0.2, -0.15) is 13.2 Å². The molecule has 1 fully saturated rings. The second kappa shape index (κ2) is 6.59. The molecule has 3 unspecified atom stereocenters. The summed E-state index contributed by atoms with van der Waals surface area (Å²) >= 11 is 0. The Labute approximate surface area is 138 Å². The second-order valence-corrected chi connectivity index (χ2v) is 6.54. The van der Waals surface area contributed by atoms with Crippen molar-refractivity contribution < 1.29 is 23.1 Å². The normalized spacial score (nSPS) is 27.0. The van der Waals surface area contributed by atoms with Crippen molar-refractivity contribution in [3.63, 3.8) is 0 Å². The number of rotatable bonds is 3. The minimum atomic E-state index is -4.38. The number of hydrogen-bond acceptors (Lipinski definition) is 2. The fourth-order valence-electron chi connectivity index (χ4n) is 3.51. The number of benzene rings is 1. The van der Waals surface area contributed by atoms with Crippen molar-refractivity contribution in [1.82, 2.24) is 4.90 Å². The molecule has 3 atom stereocenters. The van der Waals surface area contributed by atoms with Gasteiger partial charge in [-0.05, 0) is 42.9 Å². The Morgan fingerprint density at radius 1 is 1.25 bits per heavy atom. The van der Waals surface area contributed by atoms with E-state index in [1.165, 1.54) is 12.1 Å². The predicted molar refractivity (Wildman–Crippen MR) is 83.0 cm³/mol. The highest BCUT2D eigenvalue weighted by atomic mass is 19.4. The van der Waals surface area contributed by atoms with Gasteiger partial charge in [-0.3, -0.25) is 4.79 Å². The Morgan fingerprint density at radius 3 is 2.54 bits per heavy atom. The molecule has 0 saturated carbocycles. The Bertz CT molecular complexity index is 624. The zero-order chi connectivity index (χ0) is 17.3. The molecule has 3 nitrogen and oxygen atoms in total. The minimum Gasteiger partial charge on any atom is -0.391 e. The highest BCUT2D eigenvalue weighted by molar-refractivity contribution is 5.77. The molecule has 6 heteroatoms. The first kappa shape index (κ1) is 17.0. The number of β-amino-alcohol motifs (C(OH)–C–C–N with tert-alkyl or cyclic N) is 1. The Balaban J connectivity index is 1.75. The summed E-state index contributed by atoms with van der Waals surface area (Å²) in [6.45, 7) is 0.237. The highest BCUT2D eigenvalue weighted by Gasteiger charge is 2.36. The van der Waals surface area contributed by atoms with Crippen molar-refractivity contribution >= 4 is 5.91 Å². The molecule has 1 aliphatic carbocycles. The van der Waals surface area contributed by atoms with Gasteiger partial charge in [-0.1, -0.05) is 24.3 Å². The molecule has 0 spiro atoms. The molecular formula is C18H20F3NO2. The fraction of sp³-hybridized carbons (Fsp3) is 0.500. The van der Waals surface area contributed by atoms with Crippen LogP contribution in [0, 0.1) is 5.92 Å². The quantitative estimate of drug-likeness (QED) is 0.853. The van der Waals surface area contributed by atoms with E-state index >= 15 is 0 Å². The van der Waals surface area contributed by atoms with Crippen LogP contribution in [0.3, 0.4) is 0 Å². The van der Waals surface area contributed by atoms with Crippen molar-refractivity contribution in [2.75, 3.05) is 6.54 Å². The van der Waals surface area contributed by atoms with Crippen LogP contribution in [0.2, 0.25) is 0 Å². The maximum absolute atomic E-state index is 12.7. The van der Waals surface area contributed by atoms with Crippen LogP contribution in [0.25, 0.3) is 0 Å². The van der Waals surface area contributed by atoms with Crippen LogP contribution in [-0.4, -0.2) is 28.6 Å². The number of nitrogens with zero attached hydrogens (tertiary/aromatic N) is 1. The van der Waals surface area contributed by atoms with E-state index in [2.05, 4.69) is 6.08 Å². The number of likely N-dealkylation sites (tertiary alicyclic amines) is 1. The van der Waals surface area contributed by atoms with Crippen molar-refractivity contribution in [1.29, 1.82) is 0 Å². The third-order valence-corrected chi connectivity index (χ3v) is 4.77. The number of carbonyl (C=O) groups is 1. The van der Waals surface area contributed by atoms with E-state index in [4.69, 9.17) is 0 Å². The fourth-order valence-corrected chi connectivity index (χ4v) is 3.51. The maximum Gasteiger partial charge on any atom is 0.416 e. The lowest BCUT2D eigenvalue weighted by atomic mass is 10.0. The third-order valence-electron chi connectivity index (χ3n) is 4.77. The minimum absolute atomic E-state index is 0.0482. The second-order valence-electron chi connectivity index (χ2n) is 6.54. The van der Waals surface area contributed by atoms with Crippen LogP contribution in [-0.2, 0) is 11.0 Å². The molecule has 0 aromatic heterocycles. The molecule has 1 amide bonds. The lowest BCUT2D eigenvalue weighted by Gasteiger charge is -2.26. The lowest BCUT2D eigenvalue weighted by Crippen LogP contribution is -2.32. The van der Waals surface area contributed by atoms with E-state index in [1.54, 1.807) is 4.90 Å². The van der Waals surface area contributed by atoms with Crippen molar-refractivity contribution in [2.45, 2.75) is 44.0 Å². The zero-order valence-corrected chi connectivity index (χ0v) is 13.2. The molecule has 1 aromatic carbocycles. The van der Waals surface area contributed by atoms with Gasteiger partial charge in [0.15, 0.2) is 0 Å². The van der Waals surface area contributed by atoms with E-state index in [0.29, 0.717) is 18.4 Å².